The summed E-state index contributed by atoms with van der Waals surface area (Å²) in [5, 5.41) is 8.18. The smallest absolute Gasteiger partial charge is 0.255 e. The molecule has 23 heavy (non-hydrogen) atoms. The lowest BCUT2D eigenvalue weighted by Crippen LogP contribution is -2.30. The number of nitrogens with zero attached hydrogens (tertiary/aromatic N) is 4. The summed E-state index contributed by atoms with van der Waals surface area (Å²) in [6.07, 6.45) is 3.66. The van der Waals surface area contributed by atoms with Crippen LogP contribution in [0.1, 0.15) is 47.4 Å². The number of hydrogen-bond acceptors (Lipinski definition) is 4. The van der Waals surface area contributed by atoms with Crippen LogP contribution in [0.25, 0.3) is 0 Å². The molecule has 1 N–H and O–H groups in total. The van der Waals surface area contributed by atoms with E-state index in [1.807, 2.05) is 30.4 Å². The first-order valence-corrected chi connectivity index (χ1v) is 7.86. The van der Waals surface area contributed by atoms with Crippen LogP contribution in [0.3, 0.4) is 0 Å². The molecule has 0 saturated carbocycles. The average molecular weight is 317 g/mol. The Kier molecular flexibility index (Phi) is 4.21. The predicted molar refractivity (Wildman–Crippen MR) is 85.3 cm³/mol. The van der Waals surface area contributed by atoms with Crippen LogP contribution in [0, 0.1) is 0 Å². The number of carbonyl (C=O) groups excluding carboxylic acids is 1. The minimum Gasteiger partial charge on any atom is -0.379 e. The van der Waals surface area contributed by atoms with Crippen molar-refractivity contribution < 1.29 is 9.53 Å². The molecule has 1 saturated heterocycles. The maximum Gasteiger partial charge on any atom is 0.255 e. The first kappa shape index (κ1) is 15.7. The van der Waals surface area contributed by atoms with Crippen molar-refractivity contribution in [2.24, 2.45) is 7.05 Å². The zero-order chi connectivity index (χ0) is 16.6. The zero-order valence-electron chi connectivity index (χ0n) is 14.0. The van der Waals surface area contributed by atoms with Gasteiger partial charge in [0.2, 0.25) is 0 Å². The summed E-state index contributed by atoms with van der Waals surface area (Å²) in [5.41, 5.74) is 2.59. The molecule has 1 aliphatic heterocycles. The molecule has 7 heteroatoms. The van der Waals surface area contributed by atoms with Gasteiger partial charge in [0, 0.05) is 45.3 Å². The van der Waals surface area contributed by atoms with Crippen molar-refractivity contribution in [2.45, 2.75) is 31.8 Å². The molecule has 0 spiro atoms. The van der Waals surface area contributed by atoms with Crippen molar-refractivity contribution in [1.82, 2.24) is 24.9 Å². The molecule has 124 valence electrons. The second-order valence-corrected chi connectivity index (χ2v) is 6.37. The fourth-order valence-electron chi connectivity index (χ4n) is 3.21. The Balaban J connectivity index is 1.81. The van der Waals surface area contributed by atoms with E-state index in [1.54, 1.807) is 11.8 Å². The largest absolute Gasteiger partial charge is 0.379 e. The molecule has 3 heterocycles. The van der Waals surface area contributed by atoms with Gasteiger partial charge in [0.15, 0.2) is 0 Å². The lowest BCUT2D eigenvalue weighted by atomic mass is 10.0. The number of aromatic nitrogens is 4. The number of ether oxygens (including phenoxy) is 1. The summed E-state index contributed by atoms with van der Waals surface area (Å²) in [6, 6.07) is 1.86. The van der Waals surface area contributed by atoms with Gasteiger partial charge in [0.05, 0.1) is 23.3 Å². The van der Waals surface area contributed by atoms with E-state index < -0.39 is 0 Å². The number of amides is 1. The minimum atomic E-state index is -0.0582. The molecule has 1 fully saturated rings. The molecular formula is C16H23N5O2. The minimum absolute atomic E-state index is 0.0448. The number of rotatable bonds is 4. The van der Waals surface area contributed by atoms with Gasteiger partial charge in [-0.05, 0) is 12.0 Å². The Morgan fingerprint density at radius 1 is 1.43 bits per heavy atom. The van der Waals surface area contributed by atoms with Crippen LogP contribution in [0.4, 0.5) is 0 Å². The van der Waals surface area contributed by atoms with Crippen LogP contribution in [-0.2, 0) is 11.8 Å². The van der Waals surface area contributed by atoms with Gasteiger partial charge in [-0.2, -0.15) is 0 Å². The SMILES string of the molecule is CO[C@@H]1CN(C(=O)c2cc[nH]c2C(C)C)C[C@H]1c1cn(C)nn1. The fourth-order valence-corrected chi connectivity index (χ4v) is 3.21. The number of H-pyrrole nitrogens is 1. The van der Waals surface area contributed by atoms with Crippen LogP contribution in [0.5, 0.6) is 0 Å². The average Bonchev–Trinajstić information content (AvgIpc) is 3.24. The highest BCUT2D eigenvalue weighted by Gasteiger charge is 2.38. The molecule has 0 radical (unpaired) electrons. The topological polar surface area (TPSA) is 76.0 Å². The van der Waals surface area contributed by atoms with Crippen LogP contribution in [0.2, 0.25) is 0 Å². The number of nitrogens with one attached hydrogen (secondary N) is 1. The number of aromatic amines is 1. The zero-order valence-corrected chi connectivity index (χ0v) is 14.0. The molecule has 0 aromatic carbocycles. The van der Waals surface area contributed by atoms with Crippen molar-refractivity contribution in [2.75, 3.05) is 20.2 Å². The van der Waals surface area contributed by atoms with Crippen molar-refractivity contribution in [3.8, 4) is 0 Å². The maximum absolute atomic E-state index is 12.9. The highest BCUT2D eigenvalue weighted by atomic mass is 16.5. The number of likely N-dealkylation sites (tertiary alicyclic amines) is 1. The van der Waals surface area contributed by atoms with E-state index in [9.17, 15) is 4.79 Å². The van der Waals surface area contributed by atoms with E-state index in [4.69, 9.17) is 4.74 Å². The van der Waals surface area contributed by atoms with Crippen molar-refractivity contribution in [3.63, 3.8) is 0 Å². The van der Waals surface area contributed by atoms with Gasteiger partial charge < -0.3 is 14.6 Å². The molecule has 0 aliphatic carbocycles. The summed E-state index contributed by atoms with van der Waals surface area (Å²) in [6.45, 7) is 5.32. The van der Waals surface area contributed by atoms with Crippen molar-refractivity contribution in [1.29, 1.82) is 0 Å². The molecular weight excluding hydrogens is 294 g/mol. The second-order valence-electron chi connectivity index (χ2n) is 6.37. The second kappa shape index (κ2) is 6.16. The van der Waals surface area contributed by atoms with Crippen LogP contribution in [-0.4, -0.2) is 57.1 Å². The van der Waals surface area contributed by atoms with Gasteiger partial charge in [-0.3, -0.25) is 9.48 Å². The summed E-state index contributed by atoms with van der Waals surface area (Å²) in [7, 11) is 3.52. The lowest BCUT2D eigenvalue weighted by molar-refractivity contribution is 0.0713. The summed E-state index contributed by atoms with van der Waals surface area (Å²) < 4.78 is 7.26. The Morgan fingerprint density at radius 2 is 2.22 bits per heavy atom. The number of aryl methyl sites for hydroxylation is 1. The number of carbonyl (C=O) groups is 1. The van der Waals surface area contributed by atoms with E-state index in [0.717, 1.165) is 17.0 Å². The molecule has 2 aromatic heterocycles. The van der Waals surface area contributed by atoms with Gasteiger partial charge in [0.25, 0.3) is 5.91 Å². The van der Waals surface area contributed by atoms with E-state index >= 15 is 0 Å². The number of hydrogen-bond donors (Lipinski definition) is 1. The Hall–Kier alpha value is -2.15. The molecule has 0 bridgehead atoms. The Morgan fingerprint density at radius 3 is 2.83 bits per heavy atom. The van der Waals surface area contributed by atoms with E-state index in [0.29, 0.717) is 13.1 Å². The molecule has 7 nitrogen and oxygen atoms in total. The number of methoxy groups -OCH3 is 1. The van der Waals surface area contributed by atoms with Gasteiger partial charge in [-0.1, -0.05) is 19.1 Å². The van der Waals surface area contributed by atoms with Gasteiger partial charge in [0.1, 0.15) is 0 Å². The predicted octanol–water partition coefficient (Wildman–Crippen LogP) is 1.52. The molecule has 0 unspecified atom stereocenters. The maximum atomic E-state index is 12.9. The normalized spacial score (nSPS) is 21.3. The molecule has 2 aromatic rings. The third-order valence-corrected chi connectivity index (χ3v) is 4.44. The third kappa shape index (κ3) is 2.88. The van der Waals surface area contributed by atoms with E-state index in [-0.39, 0.29) is 23.8 Å². The first-order valence-electron chi connectivity index (χ1n) is 7.86. The summed E-state index contributed by atoms with van der Waals surface area (Å²) in [4.78, 5) is 17.9. The molecule has 3 rings (SSSR count). The van der Waals surface area contributed by atoms with E-state index in [1.165, 1.54) is 0 Å². The monoisotopic (exact) mass is 317 g/mol. The third-order valence-electron chi connectivity index (χ3n) is 4.44. The van der Waals surface area contributed by atoms with Gasteiger partial charge in [-0.15, -0.1) is 5.10 Å². The summed E-state index contributed by atoms with van der Waals surface area (Å²) in [5.74, 6) is 0.378. The fraction of sp³-hybridized carbons (Fsp3) is 0.562. The van der Waals surface area contributed by atoms with Crippen molar-refractivity contribution >= 4 is 5.91 Å². The standard InChI is InChI=1S/C16H23N5O2/c1-10(2)15-11(5-6-17-15)16(22)21-7-12(14(9-21)23-4)13-8-20(3)19-18-13/h5-6,8,10,12,14,17H,7,9H2,1-4H3/t12-,14+/m0/s1. The Bertz CT molecular complexity index is 690. The van der Waals surface area contributed by atoms with E-state index in [2.05, 4.69) is 29.1 Å². The molecule has 1 aliphatic rings. The van der Waals surface area contributed by atoms with Crippen LogP contribution >= 0.6 is 0 Å². The quantitative estimate of drug-likeness (QED) is 0.927. The molecule has 2 atom stereocenters. The van der Waals surface area contributed by atoms with Gasteiger partial charge in [-0.25, -0.2) is 0 Å². The lowest BCUT2D eigenvalue weighted by Gasteiger charge is -2.17. The first-order chi connectivity index (χ1) is 11.0. The summed E-state index contributed by atoms with van der Waals surface area (Å²) >= 11 is 0. The van der Waals surface area contributed by atoms with Crippen LogP contribution in [0.15, 0.2) is 18.5 Å². The molecule has 1 amide bonds. The highest BCUT2D eigenvalue weighted by Crippen LogP contribution is 2.30. The van der Waals surface area contributed by atoms with Gasteiger partial charge >= 0.3 is 0 Å². The van der Waals surface area contributed by atoms with Crippen molar-refractivity contribution in [3.05, 3.63) is 35.4 Å². The highest BCUT2D eigenvalue weighted by molar-refractivity contribution is 5.96. The van der Waals surface area contributed by atoms with Crippen LogP contribution < -0.4 is 0 Å². The Labute approximate surface area is 135 Å².